The first-order valence-corrected chi connectivity index (χ1v) is 10.3. The quantitative estimate of drug-likeness (QED) is 0.657. The van der Waals surface area contributed by atoms with E-state index in [1.165, 1.54) is 0 Å². The molecule has 3 heterocycles. The van der Waals surface area contributed by atoms with Crippen LogP contribution >= 0.6 is 0 Å². The van der Waals surface area contributed by atoms with Gasteiger partial charge in [-0.25, -0.2) is 0 Å². The summed E-state index contributed by atoms with van der Waals surface area (Å²) >= 11 is 0. The number of para-hydroxylation sites is 1. The predicted molar refractivity (Wildman–Crippen MR) is 108 cm³/mol. The van der Waals surface area contributed by atoms with Crippen LogP contribution in [0.5, 0.6) is 0 Å². The molecule has 162 valence electrons. The average molecular weight is 417 g/mol. The molecular formula is C22H27NO7. The lowest BCUT2D eigenvalue weighted by molar-refractivity contribution is -0.158. The van der Waals surface area contributed by atoms with Crippen LogP contribution in [0.4, 0.5) is 0 Å². The number of hydrogen-bond acceptors (Lipinski definition) is 7. The van der Waals surface area contributed by atoms with Gasteiger partial charge in [0.25, 0.3) is 5.91 Å². The molecule has 0 radical (unpaired) electrons. The minimum atomic E-state index is -0.577. The van der Waals surface area contributed by atoms with E-state index in [0.717, 1.165) is 16.5 Å². The van der Waals surface area contributed by atoms with Crippen LogP contribution in [0.1, 0.15) is 17.9 Å². The van der Waals surface area contributed by atoms with Gasteiger partial charge in [0, 0.05) is 36.4 Å². The van der Waals surface area contributed by atoms with Gasteiger partial charge in [-0.05, 0) is 12.1 Å². The summed E-state index contributed by atoms with van der Waals surface area (Å²) in [4.78, 5) is 14.8. The third kappa shape index (κ3) is 4.84. The zero-order valence-corrected chi connectivity index (χ0v) is 16.8. The molecule has 2 aliphatic rings. The number of benzene rings is 1. The van der Waals surface area contributed by atoms with E-state index in [0.29, 0.717) is 51.7 Å². The van der Waals surface area contributed by atoms with Crippen molar-refractivity contribution in [3.8, 4) is 0 Å². The number of carbonyl (C=O) groups is 1. The van der Waals surface area contributed by atoms with E-state index in [1.807, 2.05) is 30.3 Å². The number of hydrogen-bond donors (Lipinski definition) is 1. The number of aliphatic hydroxyl groups is 1. The lowest BCUT2D eigenvalue weighted by atomic mass is 9.92. The van der Waals surface area contributed by atoms with Crippen LogP contribution in [-0.2, 0) is 23.7 Å². The Labute approximate surface area is 174 Å². The average Bonchev–Trinajstić information content (AvgIpc) is 3.23. The molecule has 2 aliphatic heterocycles. The van der Waals surface area contributed by atoms with E-state index in [2.05, 4.69) is 0 Å². The molecule has 1 aromatic heterocycles. The van der Waals surface area contributed by atoms with Crippen LogP contribution in [0, 0.1) is 0 Å². The van der Waals surface area contributed by atoms with E-state index >= 15 is 0 Å². The van der Waals surface area contributed by atoms with Crippen molar-refractivity contribution < 1.29 is 33.3 Å². The molecule has 1 aromatic carbocycles. The summed E-state index contributed by atoms with van der Waals surface area (Å²) in [7, 11) is 0. The molecule has 1 amide bonds. The van der Waals surface area contributed by atoms with Crippen molar-refractivity contribution in [3.63, 3.8) is 0 Å². The SMILES string of the molecule is O=C(C1=CC(c2coc3ccccc23)CC(OCCOCCO)O1)N1CCOCC1. The van der Waals surface area contributed by atoms with Crippen LogP contribution in [-0.4, -0.2) is 74.9 Å². The zero-order chi connectivity index (χ0) is 20.8. The fourth-order valence-corrected chi connectivity index (χ4v) is 3.74. The van der Waals surface area contributed by atoms with E-state index in [-0.39, 0.29) is 25.0 Å². The maximum absolute atomic E-state index is 13.0. The van der Waals surface area contributed by atoms with Crippen LogP contribution < -0.4 is 0 Å². The fourth-order valence-electron chi connectivity index (χ4n) is 3.74. The summed E-state index contributed by atoms with van der Waals surface area (Å²) in [5.74, 6) is 0.0615. The predicted octanol–water partition coefficient (Wildman–Crippen LogP) is 2.03. The fraction of sp³-hybridized carbons (Fsp3) is 0.500. The molecular weight excluding hydrogens is 390 g/mol. The molecule has 0 spiro atoms. The summed E-state index contributed by atoms with van der Waals surface area (Å²) in [6, 6.07) is 7.84. The molecule has 30 heavy (non-hydrogen) atoms. The number of amides is 1. The molecule has 0 bridgehead atoms. The number of carbonyl (C=O) groups excluding carboxylic acids is 1. The number of aliphatic hydroxyl groups excluding tert-OH is 1. The Hall–Kier alpha value is -2.39. The number of furan rings is 1. The third-order valence-corrected chi connectivity index (χ3v) is 5.24. The maximum Gasteiger partial charge on any atom is 0.288 e. The van der Waals surface area contributed by atoms with E-state index in [1.54, 1.807) is 11.2 Å². The number of nitrogens with zero attached hydrogens (tertiary/aromatic N) is 1. The smallest absolute Gasteiger partial charge is 0.288 e. The molecule has 2 unspecified atom stereocenters. The van der Waals surface area contributed by atoms with Crippen LogP contribution in [0.2, 0.25) is 0 Å². The number of allylic oxidation sites excluding steroid dienone is 1. The van der Waals surface area contributed by atoms with Crippen molar-refractivity contribution in [2.45, 2.75) is 18.6 Å². The number of rotatable bonds is 8. The van der Waals surface area contributed by atoms with Gasteiger partial charge in [0.2, 0.25) is 6.29 Å². The van der Waals surface area contributed by atoms with Gasteiger partial charge in [0.15, 0.2) is 5.76 Å². The Morgan fingerprint density at radius 3 is 2.83 bits per heavy atom. The Balaban J connectivity index is 1.53. The second-order valence-corrected chi connectivity index (χ2v) is 7.22. The minimum Gasteiger partial charge on any atom is -0.464 e. The molecule has 4 rings (SSSR count). The van der Waals surface area contributed by atoms with Crippen molar-refractivity contribution in [1.29, 1.82) is 0 Å². The highest BCUT2D eigenvalue weighted by molar-refractivity contribution is 5.92. The van der Waals surface area contributed by atoms with Crippen molar-refractivity contribution in [2.75, 3.05) is 52.7 Å². The summed E-state index contributed by atoms with van der Waals surface area (Å²) in [6.07, 6.45) is 3.60. The second-order valence-electron chi connectivity index (χ2n) is 7.22. The van der Waals surface area contributed by atoms with Gasteiger partial charge < -0.3 is 33.4 Å². The van der Waals surface area contributed by atoms with E-state index in [9.17, 15) is 4.79 Å². The molecule has 1 saturated heterocycles. The van der Waals surface area contributed by atoms with Crippen molar-refractivity contribution in [3.05, 3.63) is 47.9 Å². The van der Waals surface area contributed by atoms with Crippen LogP contribution in [0.15, 0.2) is 46.8 Å². The first-order valence-electron chi connectivity index (χ1n) is 10.3. The summed E-state index contributed by atoms with van der Waals surface area (Å²) < 4.78 is 28.1. The highest BCUT2D eigenvalue weighted by atomic mass is 16.7. The molecule has 0 saturated carbocycles. The van der Waals surface area contributed by atoms with Gasteiger partial charge in [-0.15, -0.1) is 0 Å². The Kier molecular flexibility index (Phi) is 7.01. The monoisotopic (exact) mass is 417 g/mol. The van der Waals surface area contributed by atoms with Gasteiger partial charge >= 0.3 is 0 Å². The highest BCUT2D eigenvalue weighted by Gasteiger charge is 2.32. The summed E-state index contributed by atoms with van der Waals surface area (Å²) in [5, 5.41) is 9.82. The second kappa shape index (κ2) is 10.1. The van der Waals surface area contributed by atoms with Crippen molar-refractivity contribution >= 4 is 16.9 Å². The Bertz CT molecular complexity index is 871. The highest BCUT2D eigenvalue weighted by Crippen LogP contribution is 2.36. The lowest BCUT2D eigenvalue weighted by Crippen LogP contribution is -2.43. The van der Waals surface area contributed by atoms with Crippen LogP contribution in [0.3, 0.4) is 0 Å². The van der Waals surface area contributed by atoms with Crippen molar-refractivity contribution in [2.24, 2.45) is 0 Å². The molecule has 2 atom stereocenters. The molecule has 1 N–H and O–H groups in total. The van der Waals surface area contributed by atoms with Crippen LogP contribution in [0.25, 0.3) is 11.0 Å². The number of ether oxygens (including phenoxy) is 4. The Morgan fingerprint density at radius 1 is 1.17 bits per heavy atom. The molecule has 1 fully saturated rings. The van der Waals surface area contributed by atoms with Gasteiger partial charge in [-0.3, -0.25) is 4.79 Å². The Morgan fingerprint density at radius 2 is 2.00 bits per heavy atom. The van der Waals surface area contributed by atoms with Gasteiger partial charge in [0.05, 0.1) is 45.9 Å². The maximum atomic E-state index is 13.0. The van der Waals surface area contributed by atoms with Crippen molar-refractivity contribution in [1.82, 2.24) is 4.90 Å². The van der Waals surface area contributed by atoms with Gasteiger partial charge in [-0.1, -0.05) is 18.2 Å². The summed E-state index contributed by atoms with van der Waals surface area (Å²) in [6.45, 7) is 3.01. The number of fused-ring (bicyclic) bond motifs is 1. The molecule has 0 aliphatic carbocycles. The summed E-state index contributed by atoms with van der Waals surface area (Å²) in [5.41, 5.74) is 1.81. The molecule has 8 nitrogen and oxygen atoms in total. The van der Waals surface area contributed by atoms with E-state index in [4.69, 9.17) is 28.5 Å². The van der Waals surface area contributed by atoms with E-state index < -0.39 is 6.29 Å². The minimum absolute atomic E-state index is 0.0312. The topological polar surface area (TPSA) is 90.6 Å². The number of morpholine rings is 1. The van der Waals surface area contributed by atoms with Gasteiger partial charge in [0.1, 0.15) is 5.58 Å². The lowest BCUT2D eigenvalue weighted by Gasteiger charge is -2.32. The molecule has 2 aromatic rings. The normalized spacial score (nSPS) is 22.0. The first kappa shape index (κ1) is 20.9. The molecule has 8 heteroatoms. The first-order chi connectivity index (χ1) is 14.8. The standard InChI is InChI=1S/C22H27NO7/c24-7-10-27-11-12-28-21-14-16(18-15-29-19-4-2-1-3-17(18)19)13-20(30-21)22(25)23-5-8-26-9-6-23/h1-4,13,15-16,21,24H,5-12,14H2. The third-order valence-electron chi connectivity index (χ3n) is 5.24. The largest absolute Gasteiger partial charge is 0.464 e. The zero-order valence-electron chi connectivity index (χ0n) is 16.8. The van der Waals surface area contributed by atoms with Gasteiger partial charge in [-0.2, -0.15) is 0 Å².